The first-order chi connectivity index (χ1) is 13.4. The number of rotatable bonds is 10. The van der Waals surface area contributed by atoms with Crippen molar-refractivity contribution in [2.24, 2.45) is 0 Å². The second-order valence-electron chi connectivity index (χ2n) is 5.69. The van der Waals surface area contributed by atoms with Crippen molar-refractivity contribution in [3.05, 3.63) is 36.0 Å². The van der Waals surface area contributed by atoms with Gasteiger partial charge in [0.2, 0.25) is 0 Å². The Morgan fingerprint density at radius 3 is 2.57 bits per heavy atom. The van der Waals surface area contributed by atoms with E-state index in [1.54, 1.807) is 0 Å². The Morgan fingerprint density at radius 1 is 1.25 bits per heavy atom. The zero-order valence-corrected chi connectivity index (χ0v) is 17.1. The summed E-state index contributed by atoms with van der Waals surface area (Å²) in [7, 11) is -2.54. The highest BCUT2D eigenvalue weighted by Gasteiger charge is 2.21. The van der Waals surface area contributed by atoms with Crippen LogP contribution in [0.2, 0.25) is 0 Å². The van der Waals surface area contributed by atoms with E-state index in [1.807, 2.05) is 0 Å². The molecular weight excluding hydrogens is 404 g/mol. The fourth-order valence-corrected chi connectivity index (χ4v) is 4.03. The van der Waals surface area contributed by atoms with Crippen LogP contribution in [0.3, 0.4) is 0 Å². The Bertz CT molecular complexity index is 904. The van der Waals surface area contributed by atoms with Gasteiger partial charge in [0, 0.05) is 11.9 Å². The molecule has 0 unspecified atom stereocenters. The molecule has 9 nitrogen and oxygen atoms in total. The summed E-state index contributed by atoms with van der Waals surface area (Å²) in [6, 6.07) is 5.75. The number of methoxy groups -OCH3 is 1. The van der Waals surface area contributed by atoms with Gasteiger partial charge in [0.05, 0.1) is 12.0 Å². The van der Waals surface area contributed by atoms with Gasteiger partial charge >= 0.3 is 0 Å². The standard InChI is InChI=1S/C17H22N4O5S2/c1-3-4-5-10-27-17-18-11-14(16(22)20-23)15(19-17)21-28(24,25)13-8-6-12(26-2)7-9-13/h6-9,11,23H,3-5,10H2,1-2H3,(H,20,22)(H,18,19,21). The number of aromatic nitrogens is 2. The van der Waals surface area contributed by atoms with E-state index in [0.717, 1.165) is 25.0 Å². The number of anilines is 1. The lowest BCUT2D eigenvalue weighted by atomic mass is 10.3. The first-order valence-electron chi connectivity index (χ1n) is 8.52. The van der Waals surface area contributed by atoms with Crippen molar-refractivity contribution in [2.75, 3.05) is 17.6 Å². The molecule has 0 aliphatic heterocycles. The number of amides is 1. The highest BCUT2D eigenvalue weighted by molar-refractivity contribution is 7.99. The molecule has 1 amide bonds. The van der Waals surface area contributed by atoms with Crippen LogP contribution < -0.4 is 14.9 Å². The van der Waals surface area contributed by atoms with Crippen LogP contribution >= 0.6 is 11.8 Å². The summed E-state index contributed by atoms with van der Waals surface area (Å²) in [6.07, 6.45) is 4.28. The molecule has 11 heteroatoms. The number of nitrogens with zero attached hydrogens (tertiary/aromatic N) is 2. The highest BCUT2D eigenvalue weighted by Crippen LogP contribution is 2.23. The molecule has 0 spiro atoms. The van der Waals surface area contributed by atoms with Gasteiger partial charge in [0.25, 0.3) is 15.9 Å². The lowest BCUT2D eigenvalue weighted by molar-refractivity contribution is 0.0706. The number of hydrogen-bond donors (Lipinski definition) is 3. The predicted octanol–water partition coefficient (Wildman–Crippen LogP) is 2.69. The van der Waals surface area contributed by atoms with E-state index < -0.39 is 15.9 Å². The summed E-state index contributed by atoms with van der Waals surface area (Å²) in [5, 5.41) is 9.24. The molecule has 0 radical (unpaired) electrons. The van der Waals surface area contributed by atoms with Gasteiger partial charge in [-0.05, 0) is 30.7 Å². The lowest BCUT2D eigenvalue weighted by Crippen LogP contribution is -2.23. The van der Waals surface area contributed by atoms with Crippen LogP contribution in [0.1, 0.15) is 36.5 Å². The molecule has 28 heavy (non-hydrogen) atoms. The third kappa shape index (κ3) is 5.81. The fraction of sp³-hybridized carbons (Fsp3) is 0.353. The van der Waals surface area contributed by atoms with E-state index in [9.17, 15) is 13.2 Å². The first kappa shape index (κ1) is 21.9. The predicted molar refractivity (Wildman–Crippen MR) is 105 cm³/mol. The quantitative estimate of drug-likeness (QED) is 0.174. The van der Waals surface area contributed by atoms with Crippen LogP contribution in [0.15, 0.2) is 40.5 Å². The number of hydrogen-bond acceptors (Lipinski definition) is 8. The van der Waals surface area contributed by atoms with Gasteiger partial charge in [-0.3, -0.25) is 14.7 Å². The smallest absolute Gasteiger partial charge is 0.280 e. The molecule has 2 aromatic rings. The van der Waals surface area contributed by atoms with Gasteiger partial charge in [-0.15, -0.1) is 0 Å². The van der Waals surface area contributed by atoms with E-state index in [-0.39, 0.29) is 16.3 Å². The van der Waals surface area contributed by atoms with E-state index in [4.69, 9.17) is 9.94 Å². The van der Waals surface area contributed by atoms with Crippen LogP contribution in [0.4, 0.5) is 5.82 Å². The Balaban J connectivity index is 2.29. The van der Waals surface area contributed by atoms with E-state index in [0.29, 0.717) is 10.9 Å². The molecule has 0 bridgehead atoms. The van der Waals surface area contributed by atoms with Crippen molar-refractivity contribution in [3.63, 3.8) is 0 Å². The maximum atomic E-state index is 12.7. The molecule has 0 saturated heterocycles. The Kier molecular flexibility index (Phi) is 8.03. The van der Waals surface area contributed by atoms with Crippen molar-refractivity contribution >= 4 is 33.5 Å². The van der Waals surface area contributed by atoms with Crippen molar-refractivity contribution in [3.8, 4) is 5.75 Å². The number of hydroxylamine groups is 1. The normalized spacial score (nSPS) is 11.1. The summed E-state index contributed by atoms with van der Waals surface area (Å²) in [4.78, 5) is 20.0. The van der Waals surface area contributed by atoms with Crippen LogP contribution in [-0.2, 0) is 10.0 Å². The van der Waals surface area contributed by atoms with Crippen molar-refractivity contribution < 1.29 is 23.2 Å². The van der Waals surface area contributed by atoms with Crippen molar-refractivity contribution in [1.29, 1.82) is 0 Å². The minimum atomic E-state index is -4.02. The number of carbonyl (C=O) groups is 1. The van der Waals surface area contributed by atoms with Gasteiger partial charge in [-0.2, -0.15) is 0 Å². The monoisotopic (exact) mass is 426 g/mol. The Morgan fingerprint density at radius 2 is 1.96 bits per heavy atom. The number of benzene rings is 1. The third-order valence-electron chi connectivity index (χ3n) is 3.69. The molecular formula is C17H22N4O5S2. The van der Waals surface area contributed by atoms with Gasteiger partial charge < -0.3 is 4.74 Å². The molecule has 1 aromatic carbocycles. The number of carbonyl (C=O) groups excluding carboxylic acids is 1. The number of thioether (sulfide) groups is 1. The molecule has 0 aliphatic carbocycles. The summed E-state index contributed by atoms with van der Waals surface area (Å²) < 4.78 is 32.6. The topological polar surface area (TPSA) is 131 Å². The van der Waals surface area contributed by atoms with Crippen LogP contribution in [-0.4, -0.2) is 42.4 Å². The maximum absolute atomic E-state index is 12.7. The molecule has 0 saturated carbocycles. The number of ether oxygens (including phenoxy) is 1. The second kappa shape index (κ2) is 10.2. The maximum Gasteiger partial charge on any atom is 0.280 e. The molecule has 0 atom stereocenters. The highest BCUT2D eigenvalue weighted by atomic mass is 32.2. The zero-order valence-electron chi connectivity index (χ0n) is 15.5. The molecule has 3 N–H and O–H groups in total. The Hall–Kier alpha value is -2.37. The van der Waals surface area contributed by atoms with Crippen LogP contribution in [0, 0.1) is 0 Å². The molecule has 152 valence electrons. The average Bonchev–Trinajstić information content (AvgIpc) is 2.70. The third-order valence-corrected chi connectivity index (χ3v) is 6.00. The largest absolute Gasteiger partial charge is 0.497 e. The van der Waals surface area contributed by atoms with Gasteiger partial charge in [-0.25, -0.2) is 23.9 Å². The number of sulfonamides is 1. The zero-order chi connectivity index (χ0) is 20.6. The molecule has 1 heterocycles. The minimum absolute atomic E-state index is 0.0283. The average molecular weight is 427 g/mol. The molecule has 2 rings (SSSR count). The van der Waals surface area contributed by atoms with E-state index in [2.05, 4.69) is 21.6 Å². The number of unbranched alkanes of at least 4 members (excludes halogenated alkanes) is 2. The van der Waals surface area contributed by atoms with E-state index >= 15 is 0 Å². The van der Waals surface area contributed by atoms with Crippen molar-refractivity contribution in [2.45, 2.75) is 36.2 Å². The summed E-state index contributed by atoms with van der Waals surface area (Å²) in [5.41, 5.74) is 1.27. The SMILES string of the molecule is CCCCCSc1ncc(C(=O)NO)c(NS(=O)(=O)c2ccc(OC)cc2)n1. The summed E-state index contributed by atoms with van der Waals surface area (Å²) in [6.45, 7) is 2.09. The fourth-order valence-electron chi connectivity index (χ4n) is 2.20. The Labute approximate surface area is 167 Å². The molecule has 0 fully saturated rings. The van der Waals surface area contributed by atoms with Gasteiger partial charge in [0.15, 0.2) is 11.0 Å². The van der Waals surface area contributed by atoms with Gasteiger partial charge in [-0.1, -0.05) is 31.5 Å². The van der Waals surface area contributed by atoms with Crippen LogP contribution in [0.5, 0.6) is 5.75 Å². The molecule has 0 aliphatic rings. The summed E-state index contributed by atoms with van der Waals surface area (Å²) in [5.74, 6) is 0.141. The summed E-state index contributed by atoms with van der Waals surface area (Å²) >= 11 is 1.36. The number of nitrogens with one attached hydrogen (secondary N) is 2. The molecule has 1 aromatic heterocycles. The van der Waals surface area contributed by atoms with Crippen LogP contribution in [0.25, 0.3) is 0 Å². The lowest BCUT2D eigenvalue weighted by Gasteiger charge is -2.12. The second-order valence-corrected chi connectivity index (χ2v) is 8.44. The minimum Gasteiger partial charge on any atom is -0.497 e. The first-order valence-corrected chi connectivity index (χ1v) is 11.0. The van der Waals surface area contributed by atoms with Gasteiger partial charge in [0.1, 0.15) is 11.3 Å². The van der Waals surface area contributed by atoms with E-state index in [1.165, 1.54) is 54.8 Å². The van der Waals surface area contributed by atoms with Crippen molar-refractivity contribution in [1.82, 2.24) is 15.4 Å².